The van der Waals surface area contributed by atoms with E-state index in [1.807, 2.05) is 18.2 Å². The molecule has 1 fully saturated rings. The predicted molar refractivity (Wildman–Crippen MR) is 188 cm³/mol. The van der Waals surface area contributed by atoms with Crippen LogP contribution >= 0.6 is 11.6 Å². The number of esters is 1. The van der Waals surface area contributed by atoms with E-state index >= 15 is 0 Å². The summed E-state index contributed by atoms with van der Waals surface area (Å²) in [5, 5.41) is 0.657. The van der Waals surface area contributed by atoms with E-state index in [2.05, 4.69) is 33.1 Å². The maximum Gasteiger partial charge on any atom is 0.337 e. The number of aryl methyl sites for hydroxylation is 1. The van der Waals surface area contributed by atoms with Crippen molar-refractivity contribution in [1.82, 2.24) is 9.97 Å². The Hall–Kier alpha value is -3.47. The fraction of sp³-hybridized carbons (Fsp3) is 0.500. The second kappa shape index (κ2) is 14.0. The lowest BCUT2D eigenvalue weighted by atomic mass is 9.66. The Bertz CT molecular complexity index is 1840. The van der Waals surface area contributed by atoms with Crippen LogP contribution in [0.15, 0.2) is 71.7 Å². The van der Waals surface area contributed by atoms with Crippen LogP contribution in [0.2, 0.25) is 5.02 Å². The van der Waals surface area contributed by atoms with Crippen molar-refractivity contribution in [1.29, 1.82) is 0 Å². The molecule has 7 rings (SSSR count). The molecule has 49 heavy (non-hydrogen) atoms. The molecule has 3 aliphatic carbocycles. The molecule has 2 heterocycles. The molecule has 0 bridgehead atoms. The number of allylic oxidation sites excluding steroid dienone is 1. The number of aromatic nitrogens is 2. The number of anilines is 1. The van der Waals surface area contributed by atoms with Crippen LogP contribution < -0.4 is 9.64 Å². The van der Waals surface area contributed by atoms with E-state index in [1.165, 1.54) is 36.2 Å². The van der Waals surface area contributed by atoms with Crippen molar-refractivity contribution in [2.75, 3.05) is 44.6 Å². The van der Waals surface area contributed by atoms with Gasteiger partial charge in [-0.15, -0.1) is 0 Å². The van der Waals surface area contributed by atoms with Crippen LogP contribution in [0, 0.1) is 17.8 Å². The van der Waals surface area contributed by atoms with Gasteiger partial charge in [-0.3, -0.25) is 0 Å². The van der Waals surface area contributed by atoms with Gasteiger partial charge in [-0.1, -0.05) is 23.7 Å². The lowest BCUT2D eigenvalue weighted by Crippen LogP contribution is -2.50. The quantitative estimate of drug-likeness (QED) is 0.138. The van der Waals surface area contributed by atoms with Gasteiger partial charge in [-0.05, 0) is 122 Å². The molecule has 0 N–H and O–H groups in total. The molecule has 260 valence electrons. The summed E-state index contributed by atoms with van der Waals surface area (Å²) in [7, 11) is -0.343. The summed E-state index contributed by atoms with van der Waals surface area (Å²) in [4.78, 5) is 23.0. The smallest absolute Gasteiger partial charge is 0.337 e. The molecule has 3 aromatic rings. The molecule has 1 aromatic heterocycles. The molecular weight excluding hydrogens is 662 g/mol. The van der Waals surface area contributed by atoms with E-state index in [-0.39, 0.29) is 34.3 Å². The van der Waals surface area contributed by atoms with Gasteiger partial charge >= 0.3 is 5.97 Å². The number of methoxy groups -OCH3 is 2. The molecule has 5 atom stereocenters. The third-order valence-corrected chi connectivity index (χ3v) is 13.1. The average molecular weight is 706 g/mol. The number of benzene rings is 2. The Morgan fingerprint density at radius 2 is 1.94 bits per heavy atom. The van der Waals surface area contributed by atoms with E-state index in [9.17, 15) is 13.2 Å². The number of hydrogen-bond donors (Lipinski definition) is 0. The second-order valence-corrected chi connectivity index (χ2v) is 16.5. The van der Waals surface area contributed by atoms with E-state index in [0.29, 0.717) is 30.4 Å². The van der Waals surface area contributed by atoms with Gasteiger partial charge in [-0.2, -0.15) is 0 Å². The fourth-order valence-corrected chi connectivity index (χ4v) is 10.3. The monoisotopic (exact) mass is 705 g/mol. The van der Waals surface area contributed by atoms with Crippen molar-refractivity contribution < 1.29 is 27.4 Å². The Morgan fingerprint density at radius 1 is 1.10 bits per heavy atom. The summed E-state index contributed by atoms with van der Waals surface area (Å²) in [6, 6.07) is 13.5. The third kappa shape index (κ3) is 6.84. The first-order valence-electron chi connectivity index (χ1n) is 17.3. The van der Waals surface area contributed by atoms with Crippen molar-refractivity contribution in [2.24, 2.45) is 17.8 Å². The van der Waals surface area contributed by atoms with E-state index < -0.39 is 9.84 Å². The Balaban J connectivity index is 1.12. The number of sulfone groups is 1. The number of nitrogens with zero attached hydrogens (tertiary/aromatic N) is 3. The van der Waals surface area contributed by atoms with Crippen LogP contribution in [0.5, 0.6) is 5.75 Å². The van der Waals surface area contributed by atoms with Crippen LogP contribution in [0.3, 0.4) is 0 Å². The molecule has 1 spiro atoms. The molecule has 0 amide bonds. The maximum absolute atomic E-state index is 12.9. The summed E-state index contributed by atoms with van der Waals surface area (Å²) < 4.78 is 43.8. The molecule has 1 saturated carbocycles. The SMILES string of the molecule is COC(=O)c1ccc2c(c1)N(C[C@@H]1CC[C@H]1C(OC)C1=CC[C@@H](CS(=O)(=O)c3ncccn3)CC1)CC1(CCCc3cc(Cl)ccc31)CO2. The molecule has 2 unspecified atom stereocenters. The van der Waals surface area contributed by atoms with Crippen LogP contribution in [0.4, 0.5) is 5.69 Å². The van der Waals surface area contributed by atoms with Gasteiger partial charge in [-0.25, -0.2) is 23.2 Å². The fourth-order valence-electron chi connectivity index (χ4n) is 8.61. The Labute approximate surface area is 293 Å². The first kappa shape index (κ1) is 34.0. The van der Waals surface area contributed by atoms with Gasteiger partial charge in [0.2, 0.25) is 15.0 Å². The standard InChI is InChI=1S/C38H44ClN3O6S/c1-46-35(26-8-6-25(7-9-26)22-49(44,45)37-40-17-4-18-41-37)31-13-10-29(31)21-42-23-38(16-3-5-27-19-30(39)12-14-32(27)38)24-48-34-15-11-28(20-33(34)42)36(43)47-2/h4,8,11-12,14-15,17-20,25,29,31,35H,3,5-7,9-10,13,16,21-24H2,1-2H3/t25-,29+,31-,35?,38?/m1/s1. The number of hydrogen-bond acceptors (Lipinski definition) is 9. The van der Waals surface area contributed by atoms with Crippen molar-refractivity contribution >= 4 is 33.1 Å². The van der Waals surface area contributed by atoms with Gasteiger partial charge in [0.25, 0.3) is 0 Å². The van der Waals surface area contributed by atoms with Crippen molar-refractivity contribution in [3.05, 3.63) is 88.2 Å². The van der Waals surface area contributed by atoms with Crippen molar-refractivity contribution in [3.8, 4) is 5.75 Å². The minimum Gasteiger partial charge on any atom is -0.490 e. The summed E-state index contributed by atoms with van der Waals surface area (Å²) >= 11 is 6.45. The number of carbonyl (C=O) groups is 1. The highest BCUT2D eigenvalue weighted by atomic mass is 35.5. The first-order valence-corrected chi connectivity index (χ1v) is 19.3. The first-order chi connectivity index (χ1) is 23.7. The zero-order chi connectivity index (χ0) is 34.2. The zero-order valence-electron chi connectivity index (χ0n) is 28.1. The number of halogens is 1. The summed E-state index contributed by atoms with van der Waals surface area (Å²) in [5.74, 6) is 1.19. The van der Waals surface area contributed by atoms with Gasteiger partial charge < -0.3 is 19.1 Å². The minimum absolute atomic E-state index is 0.0225. The van der Waals surface area contributed by atoms with Crippen molar-refractivity contribution in [3.63, 3.8) is 0 Å². The van der Waals surface area contributed by atoms with Gasteiger partial charge in [0.15, 0.2) is 0 Å². The molecular formula is C38H44ClN3O6S. The molecule has 4 aliphatic rings. The van der Waals surface area contributed by atoms with Gasteiger partial charge in [0, 0.05) is 43.0 Å². The van der Waals surface area contributed by atoms with E-state index in [4.69, 9.17) is 25.8 Å². The topological polar surface area (TPSA) is 108 Å². The second-order valence-electron chi connectivity index (χ2n) is 14.2. The highest BCUT2D eigenvalue weighted by Gasteiger charge is 2.45. The minimum atomic E-state index is -3.54. The third-order valence-electron chi connectivity index (χ3n) is 11.2. The summed E-state index contributed by atoms with van der Waals surface area (Å²) in [6.07, 6.45) is 12.6. The maximum atomic E-state index is 12.9. The van der Waals surface area contributed by atoms with E-state index in [1.54, 1.807) is 19.2 Å². The predicted octanol–water partition coefficient (Wildman–Crippen LogP) is 6.63. The zero-order valence-corrected chi connectivity index (χ0v) is 29.7. The molecule has 0 saturated heterocycles. The van der Waals surface area contributed by atoms with Crippen LogP contribution in [-0.2, 0) is 31.1 Å². The molecule has 1 aliphatic heterocycles. The molecule has 11 heteroatoms. The summed E-state index contributed by atoms with van der Waals surface area (Å²) in [6.45, 7) is 2.13. The van der Waals surface area contributed by atoms with Crippen molar-refractivity contribution in [2.45, 2.75) is 68.0 Å². The number of rotatable bonds is 9. The van der Waals surface area contributed by atoms with Crippen LogP contribution in [-0.4, -0.2) is 70.1 Å². The number of fused-ring (bicyclic) bond motifs is 3. The molecule has 9 nitrogen and oxygen atoms in total. The lowest BCUT2D eigenvalue weighted by molar-refractivity contribution is 0.00323. The molecule has 2 aromatic carbocycles. The van der Waals surface area contributed by atoms with Gasteiger partial charge in [0.1, 0.15) is 5.75 Å². The molecule has 0 radical (unpaired) electrons. The number of carbonyl (C=O) groups excluding carboxylic acids is 1. The Morgan fingerprint density at radius 3 is 2.65 bits per heavy atom. The summed E-state index contributed by atoms with van der Waals surface area (Å²) in [5.41, 5.74) is 5.07. The normalized spacial score (nSPS) is 25.6. The van der Waals surface area contributed by atoms with E-state index in [0.717, 1.165) is 74.5 Å². The highest BCUT2D eigenvalue weighted by molar-refractivity contribution is 7.91. The largest absolute Gasteiger partial charge is 0.490 e. The van der Waals surface area contributed by atoms with Crippen LogP contribution in [0.25, 0.3) is 0 Å². The lowest BCUT2D eigenvalue weighted by Gasteiger charge is -2.47. The average Bonchev–Trinajstić information content (AvgIpc) is 3.26. The van der Waals surface area contributed by atoms with Crippen LogP contribution in [0.1, 0.15) is 66.4 Å². The van der Waals surface area contributed by atoms with Gasteiger partial charge in [0.05, 0.1) is 36.8 Å². The highest BCUT2D eigenvalue weighted by Crippen LogP contribution is 2.48. The Kier molecular flexibility index (Phi) is 9.74. The number of ether oxygens (including phenoxy) is 3.